The van der Waals surface area contributed by atoms with Gasteiger partial charge in [0.05, 0.1) is 17.3 Å². The fraction of sp³-hybridized carbons (Fsp3) is 0.385. The van der Waals surface area contributed by atoms with E-state index in [1.807, 2.05) is 26.0 Å². The Morgan fingerprint density at radius 2 is 1.55 bits per heavy atom. The monoisotopic (exact) mass is 587 g/mol. The highest BCUT2D eigenvalue weighted by molar-refractivity contribution is 5.78. The van der Waals surface area contributed by atoms with Crippen LogP contribution in [0.3, 0.4) is 0 Å². The van der Waals surface area contributed by atoms with Gasteiger partial charge < -0.3 is 14.6 Å². The number of hydrogen-bond acceptors (Lipinski definition) is 4. The minimum atomic E-state index is -0.424. The molecule has 0 spiro atoms. The first kappa shape index (κ1) is 30.1. The highest BCUT2D eigenvalue weighted by atomic mass is 16.6. The largest absolute Gasteiger partial charge is 0.458 e. The van der Waals surface area contributed by atoms with Gasteiger partial charge in [-0.05, 0) is 56.3 Å². The van der Waals surface area contributed by atoms with Crippen LogP contribution in [0.25, 0.3) is 28.1 Å². The fourth-order valence-electron chi connectivity index (χ4n) is 7.07. The number of aryl methyl sites for hydroxylation is 1. The lowest BCUT2D eigenvalue weighted by Crippen LogP contribution is -2.51. The molecule has 3 atom stereocenters. The van der Waals surface area contributed by atoms with E-state index < -0.39 is 5.60 Å². The van der Waals surface area contributed by atoms with E-state index >= 15 is 0 Å². The predicted octanol–water partition coefficient (Wildman–Crippen LogP) is 8.45. The first-order valence-electron chi connectivity index (χ1n) is 16.3. The van der Waals surface area contributed by atoms with Crippen molar-refractivity contribution in [3.05, 3.63) is 108 Å². The molecule has 3 aliphatic carbocycles. The van der Waals surface area contributed by atoms with Gasteiger partial charge in [-0.25, -0.2) is 4.98 Å². The zero-order chi connectivity index (χ0) is 30.5. The molecule has 5 heteroatoms. The van der Waals surface area contributed by atoms with Crippen LogP contribution in [0.4, 0.5) is 0 Å². The molecule has 3 aliphatic rings. The van der Waals surface area contributed by atoms with Crippen LogP contribution in [-0.2, 0) is 16.0 Å². The third-order valence-corrected chi connectivity index (χ3v) is 9.53. The molecule has 0 radical (unpaired) electrons. The van der Waals surface area contributed by atoms with Gasteiger partial charge in [0.2, 0.25) is 0 Å². The Bertz CT molecular complexity index is 1500. The number of carbonyl (C=O) groups is 1. The van der Waals surface area contributed by atoms with Crippen LogP contribution >= 0.6 is 0 Å². The van der Waals surface area contributed by atoms with Gasteiger partial charge in [0, 0.05) is 36.4 Å². The molecular formula is C39H45N3O2. The number of carbonyl (C=O) groups excluding carboxylic acids is 1. The molecule has 3 unspecified atom stereocenters. The third kappa shape index (κ3) is 6.58. The number of allylic oxidation sites excluding steroid dienone is 1. The van der Waals surface area contributed by atoms with Gasteiger partial charge in [-0.2, -0.15) is 0 Å². The maximum atomic E-state index is 13.0. The number of rotatable bonds is 12. The number of aromatic nitrogens is 2. The summed E-state index contributed by atoms with van der Waals surface area (Å²) in [4.78, 5) is 24.1. The van der Waals surface area contributed by atoms with Crippen LogP contribution in [0.15, 0.2) is 97.1 Å². The molecule has 0 amide bonds. The second kappa shape index (κ2) is 13.4. The summed E-state index contributed by atoms with van der Waals surface area (Å²) in [5, 5.41) is 0. The Kier molecular flexibility index (Phi) is 9.13. The van der Waals surface area contributed by atoms with E-state index in [1.165, 1.54) is 17.6 Å². The number of aromatic amines is 1. The summed E-state index contributed by atoms with van der Waals surface area (Å²) in [5.41, 5.74) is 6.68. The summed E-state index contributed by atoms with van der Waals surface area (Å²) in [5.74, 6) is 1.51. The van der Waals surface area contributed by atoms with E-state index in [0.29, 0.717) is 5.92 Å². The summed E-state index contributed by atoms with van der Waals surface area (Å²) in [7, 11) is 2.19. The smallest absolute Gasteiger partial charge is 0.308 e. The van der Waals surface area contributed by atoms with E-state index in [0.717, 1.165) is 73.5 Å². The first-order valence-corrected chi connectivity index (χ1v) is 16.3. The molecule has 3 aromatic carbocycles. The molecule has 228 valence electrons. The first-order chi connectivity index (χ1) is 21.4. The van der Waals surface area contributed by atoms with Crippen molar-refractivity contribution in [2.75, 3.05) is 20.1 Å². The molecule has 1 fully saturated rings. The van der Waals surface area contributed by atoms with E-state index in [2.05, 4.69) is 102 Å². The Morgan fingerprint density at radius 3 is 2.16 bits per heavy atom. The number of imidazole rings is 1. The number of H-pyrrole nitrogens is 1. The number of ether oxygens (including phenoxy) is 1. The molecule has 1 aromatic heterocycles. The number of fused-ring (bicyclic) bond motifs is 2. The summed E-state index contributed by atoms with van der Waals surface area (Å²) >= 11 is 0. The molecule has 44 heavy (non-hydrogen) atoms. The number of hydrogen-bond donors (Lipinski definition) is 1. The fourth-order valence-corrected chi connectivity index (χ4v) is 7.07. The standard InChI is InChI=1S/C39H45N3O2/c1-28(2)38(43)44-39(27-32-21-22-33(39)26-34(32)29-14-7-4-8-15-29)23-25-42(3)24-13-20-35-40-36(30-16-9-5-10-17-30)37(41-35)31-18-11-6-12-19-31/h4-12,14-19,26,28,32-33H,13,20-25,27H2,1-3H3,(H,40,41). The summed E-state index contributed by atoms with van der Waals surface area (Å²) in [6.45, 7) is 5.73. The molecule has 2 bridgehead atoms. The zero-order valence-electron chi connectivity index (χ0n) is 26.3. The molecule has 0 aliphatic heterocycles. The van der Waals surface area contributed by atoms with E-state index in [1.54, 1.807) is 0 Å². The van der Waals surface area contributed by atoms with Crippen LogP contribution in [0, 0.1) is 17.8 Å². The van der Waals surface area contributed by atoms with Crippen molar-refractivity contribution in [1.82, 2.24) is 14.9 Å². The average molecular weight is 588 g/mol. The van der Waals surface area contributed by atoms with Crippen LogP contribution in [0.1, 0.15) is 57.3 Å². The number of esters is 1. The lowest BCUT2D eigenvalue weighted by Gasteiger charge is -2.50. The molecule has 5 nitrogen and oxygen atoms in total. The lowest BCUT2D eigenvalue weighted by molar-refractivity contribution is -0.176. The minimum absolute atomic E-state index is 0.0730. The van der Waals surface area contributed by atoms with Crippen molar-refractivity contribution in [3.63, 3.8) is 0 Å². The number of nitrogens with zero attached hydrogens (tertiary/aromatic N) is 2. The SMILES string of the molecule is CC(C)C(=O)OC1(CCN(C)CCCc2nc(-c3ccccc3)c(-c3ccccc3)[nH]2)CC2CCC1C=C2c1ccccc1. The summed E-state index contributed by atoms with van der Waals surface area (Å²) in [6.07, 6.45) is 8.34. The van der Waals surface area contributed by atoms with Crippen LogP contribution < -0.4 is 0 Å². The van der Waals surface area contributed by atoms with Gasteiger partial charge in [-0.1, -0.05) is 111 Å². The quantitative estimate of drug-likeness (QED) is 0.169. The zero-order valence-corrected chi connectivity index (χ0v) is 26.3. The van der Waals surface area contributed by atoms with Gasteiger partial charge in [0.15, 0.2) is 0 Å². The van der Waals surface area contributed by atoms with Gasteiger partial charge in [0.25, 0.3) is 0 Å². The molecule has 1 heterocycles. The van der Waals surface area contributed by atoms with Crippen LogP contribution in [0.2, 0.25) is 0 Å². The van der Waals surface area contributed by atoms with E-state index in [9.17, 15) is 4.79 Å². The van der Waals surface area contributed by atoms with Crippen molar-refractivity contribution in [2.45, 2.75) is 58.0 Å². The van der Waals surface area contributed by atoms with Gasteiger partial charge in [-0.3, -0.25) is 4.79 Å². The summed E-state index contributed by atoms with van der Waals surface area (Å²) in [6, 6.07) is 31.6. The molecule has 1 saturated carbocycles. The molecule has 0 saturated heterocycles. The predicted molar refractivity (Wildman–Crippen MR) is 179 cm³/mol. The topological polar surface area (TPSA) is 58.2 Å². The van der Waals surface area contributed by atoms with Gasteiger partial charge in [0.1, 0.15) is 11.4 Å². The third-order valence-electron chi connectivity index (χ3n) is 9.53. The van der Waals surface area contributed by atoms with Crippen LogP contribution in [-0.4, -0.2) is 46.6 Å². The van der Waals surface area contributed by atoms with Crippen molar-refractivity contribution in [2.24, 2.45) is 17.8 Å². The van der Waals surface area contributed by atoms with Crippen LogP contribution in [0.5, 0.6) is 0 Å². The van der Waals surface area contributed by atoms with E-state index in [4.69, 9.17) is 9.72 Å². The normalized spacial score (nSPS) is 21.1. The number of nitrogens with one attached hydrogen (secondary N) is 1. The maximum absolute atomic E-state index is 13.0. The Balaban J connectivity index is 1.12. The summed E-state index contributed by atoms with van der Waals surface area (Å²) < 4.78 is 6.46. The van der Waals surface area contributed by atoms with E-state index in [-0.39, 0.29) is 17.8 Å². The number of benzene rings is 3. The second-order valence-electron chi connectivity index (χ2n) is 13.0. The molecular weight excluding hydrogens is 542 g/mol. The Morgan fingerprint density at radius 1 is 0.909 bits per heavy atom. The van der Waals surface area contributed by atoms with Crippen molar-refractivity contribution in [3.8, 4) is 22.5 Å². The average Bonchev–Trinajstić information content (AvgIpc) is 3.49. The minimum Gasteiger partial charge on any atom is -0.458 e. The highest BCUT2D eigenvalue weighted by Gasteiger charge is 2.50. The molecule has 1 N–H and O–H groups in total. The Hall–Kier alpha value is -3.96. The van der Waals surface area contributed by atoms with Crippen molar-refractivity contribution >= 4 is 11.5 Å². The Labute approximate surface area is 262 Å². The van der Waals surface area contributed by atoms with Gasteiger partial charge in [-0.15, -0.1) is 0 Å². The highest BCUT2D eigenvalue weighted by Crippen LogP contribution is 2.53. The van der Waals surface area contributed by atoms with Crippen molar-refractivity contribution < 1.29 is 9.53 Å². The second-order valence-corrected chi connectivity index (χ2v) is 13.0. The lowest BCUT2D eigenvalue weighted by atomic mass is 9.60. The molecule has 4 aromatic rings. The molecule has 7 rings (SSSR count). The van der Waals surface area contributed by atoms with Gasteiger partial charge >= 0.3 is 5.97 Å². The maximum Gasteiger partial charge on any atom is 0.308 e. The van der Waals surface area contributed by atoms with Crippen molar-refractivity contribution in [1.29, 1.82) is 0 Å².